The van der Waals surface area contributed by atoms with Gasteiger partial charge in [0, 0.05) is 21.0 Å². The van der Waals surface area contributed by atoms with Crippen molar-refractivity contribution in [3.8, 4) is 11.3 Å². The number of Topliss-reactive ketones (excluding diaryl/α,β-unsaturated/α-hetero) is 1. The maximum absolute atomic E-state index is 13.1. The zero-order valence-electron chi connectivity index (χ0n) is 18.6. The molecule has 0 N–H and O–H groups in total. The van der Waals surface area contributed by atoms with E-state index in [0.29, 0.717) is 27.7 Å². The van der Waals surface area contributed by atoms with Crippen LogP contribution in [0.5, 0.6) is 0 Å². The Kier molecular flexibility index (Phi) is 6.99. The molecule has 4 aromatic rings. The van der Waals surface area contributed by atoms with Crippen molar-refractivity contribution >= 4 is 38.6 Å². The van der Waals surface area contributed by atoms with E-state index in [4.69, 9.17) is 9.72 Å². The van der Waals surface area contributed by atoms with Crippen molar-refractivity contribution in [3.05, 3.63) is 99.5 Å². The van der Waals surface area contributed by atoms with E-state index < -0.39 is 5.97 Å². The van der Waals surface area contributed by atoms with Gasteiger partial charge in [0.15, 0.2) is 12.4 Å². The number of rotatable bonds is 7. The third kappa shape index (κ3) is 5.20. The van der Waals surface area contributed by atoms with E-state index in [0.717, 1.165) is 28.4 Å². The molecule has 5 heteroatoms. The summed E-state index contributed by atoms with van der Waals surface area (Å²) in [4.78, 5) is 30.4. The Labute approximate surface area is 201 Å². The largest absolute Gasteiger partial charge is 0.454 e. The highest BCUT2D eigenvalue weighted by molar-refractivity contribution is 9.10. The lowest BCUT2D eigenvalue weighted by molar-refractivity contribution is 0.0476. The second kappa shape index (κ2) is 10.1. The first-order valence-electron chi connectivity index (χ1n) is 11.0. The van der Waals surface area contributed by atoms with Crippen molar-refractivity contribution in [2.45, 2.75) is 26.7 Å². The molecule has 1 aromatic heterocycles. The van der Waals surface area contributed by atoms with Crippen molar-refractivity contribution in [3.63, 3.8) is 0 Å². The van der Waals surface area contributed by atoms with Crippen molar-refractivity contribution in [1.29, 1.82) is 0 Å². The SMILES string of the molecule is CCc1ccc(C(=O)COC(=O)c2cc(-c3ccc(CC)cc3)nc3ccc(Br)cc23)cc1. The molecule has 4 rings (SSSR count). The lowest BCUT2D eigenvalue weighted by atomic mass is 10.0. The number of pyridine rings is 1. The van der Waals surface area contributed by atoms with E-state index in [-0.39, 0.29) is 12.4 Å². The number of carbonyl (C=O) groups is 2. The first-order valence-corrected chi connectivity index (χ1v) is 11.8. The predicted octanol–water partition coefficient (Wildman–Crippen LogP) is 6.83. The topological polar surface area (TPSA) is 56.3 Å². The minimum Gasteiger partial charge on any atom is -0.454 e. The molecule has 1 heterocycles. The zero-order valence-corrected chi connectivity index (χ0v) is 20.2. The Bertz CT molecular complexity index is 1310. The number of esters is 1. The van der Waals surface area contributed by atoms with Gasteiger partial charge in [0.1, 0.15) is 0 Å². The second-order valence-electron chi connectivity index (χ2n) is 7.82. The van der Waals surface area contributed by atoms with Gasteiger partial charge in [-0.25, -0.2) is 9.78 Å². The first kappa shape index (κ1) is 22.9. The molecule has 0 atom stereocenters. The van der Waals surface area contributed by atoms with Crippen molar-refractivity contribution in [1.82, 2.24) is 4.98 Å². The molecule has 33 heavy (non-hydrogen) atoms. The van der Waals surface area contributed by atoms with Gasteiger partial charge in [0.2, 0.25) is 0 Å². The van der Waals surface area contributed by atoms with Crippen molar-refractivity contribution in [2.24, 2.45) is 0 Å². The molecule has 0 aliphatic rings. The van der Waals surface area contributed by atoms with E-state index in [1.807, 2.05) is 42.5 Å². The van der Waals surface area contributed by atoms with Crippen LogP contribution in [0.25, 0.3) is 22.2 Å². The fraction of sp³-hybridized carbons (Fsp3) is 0.179. The number of benzene rings is 3. The number of hydrogen-bond acceptors (Lipinski definition) is 4. The van der Waals surface area contributed by atoms with Crippen molar-refractivity contribution in [2.75, 3.05) is 6.61 Å². The molecule has 0 amide bonds. The van der Waals surface area contributed by atoms with E-state index in [1.54, 1.807) is 18.2 Å². The lowest BCUT2D eigenvalue weighted by Gasteiger charge is -2.11. The van der Waals surface area contributed by atoms with Gasteiger partial charge in [0.05, 0.1) is 16.8 Å². The van der Waals surface area contributed by atoms with Gasteiger partial charge in [-0.3, -0.25) is 4.79 Å². The van der Waals surface area contributed by atoms with Crippen LogP contribution in [0.2, 0.25) is 0 Å². The molecule has 3 aromatic carbocycles. The second-order valence-corrected chi connectivity index (χ2v) is 8.73. The van der Waals surface area contributed by atoms with Crippen molar-refractivity contribution < 1.29 is 14.3 Å². The smallest absolute Gasteiger partial charge is 0.339 e. The Morgan fingerprint density at radius 2 is 1.48 bits per heavy atom. The lowest BCUT2D eigenvalue weighted by Crippen LogP contribution is -2.15. The predicted molar refractivity (Wildman–Crippen MR) is 135 cm³/mol. The number of nitrogens with zero attached hydrogens (tertiary/aromatic N) is 1. The summed E-state index contributed by atoms with van der Waals surface area (Å²) in [6.45, 7) is 3.85. The molecule has 0 spiro atoms. The highest BCUT2D eigenvalue weighted by atomic mass is 79.9. The van der Waals surface area contributed by atoms with Gasteiger partial charge in [-0.1, -0.05) is 78.3 Å². The van der Waals surface area contributed by atoms with Crippen LogP contribution in [0.1, 0.15) is 45.7 Å². The molecule has 0 bridgehead atoms. The number of fused-ring (bicyclic) bond motifs is 1. The Hall–Kier alpha value is -3.31. The normalized spacial score (nSPS) is 10.9. The van der Waals surface area contributed by atoms with Gasteiger partial charge in [-0.2, -0.15) is 0 Å². The van der Waals surface area contributed by atoms with E-state index in [9.17, 15) is 9.59 Å². The quantitative estimate of drug-likeness (QED) is 0.205. The highest BCUT2D eigenvalue weighted by Gasteiger charge is 2.18. The zero-order chi connectivity index (χ0) is 23.4. The monoisotopic (exact) mass is 501 g/mol. The van der Waals surface area contributed by atoms with Crippen LogP contribution >= 0.6 is 15.9 Å². The minimum absolute atomic E-state index is 0.235. The number of hydrogen-bond donors (Lipinski definition) is 0. The molecule has 0 unspecified atom stereocenters. The Balaban J connectivity index is 1.63. The molecule has 0 aliphatic heterocycles. The fourth-order valence-corrected chi connectivity index (χ4v) is 4.01. The van der Waals surface area contributed by atoms with Crippen LogP contribution in [-0.4, -0.2) is 23.3 Å². The average molecular weight is 502 g/mol. The summed E-state index contributed by atoms with van der Waals surface area (Å²) in [5.74, 6) is -0.786. The molecule has 4 nitrogen and oxygen atoms in total. The molecule has 0 saturated carbocycles. The molecular formula is C28H24BrNO3. The van der Waals surface area contributed by atoms with Gasteiger partial charge < -0.3 is 4.74 Å². The van der Waals surface area contributed by atoms with Crippen LogP contribution in [-0.2, 0) is 17.6 Å². The summed E-state index contributed by atoms with van der Waals surface area (Å²) in [6, 6.07) is 22.8. The maximum Gasteiger partial charge on any atom is 0.339 e. The summed E-state index contributed by atoms with van der Waals surface area (Å²) in [5, 5.41) is 0.669. The van der Waals surface area contributed by atoms with Crippen LogP contribution < -0.4 is 0 Å². The molecule has 0 saturated heterocycles. The summed E-state index contributed by atoms with van der Waals surface area (Å²) >= 11 is 3.47. The summed E-state index contributed by atoms with van der Waals surface area (Å²) in [7, 11) is 0. The number of ketones is 1. The molecular weight excluding hydrogens is 478 g/mol. The fourth-order valence-electron chi connectivity index (χ4n) is 3.64. The summed E-state index contributed by atoms with van der Waals surface area (Å²) < 4.78 is 6.28. The van der Waals surface area contributed by atoms with E-state index in [2.05, 4.69) is 41.9 Å². The number of aromatic nitrogens is 1. The molecule has 0 fully saturated rings. The van der Waals surface area contributed by atoms with Gasteiger partial charge >= 0.3 is 5.97 Å². The Morgan fingerprint density at radius 1 is 0.848 bits per heavy atom. The van der Waals surface area contributed by atoms with Crippen LogP contribution in [0, 0.1) is 0 Å². The average Bonchev–Trinajstić information content (AvgIpc) is 2.86. The number of halogens is 1. The number of ether oxygens (including phenoxy) is 1. The maximum atomic E-state index is 13.1. The molecule has 0 radical (unpaired) electrons. The first-order chi connectivity index (χ1) is 16.0. The summed E-state index contributed by atoms with van der Waals surface area (Å²) in [5.41, 5.74) is 5.57. The van der Waals surface area contributed by atoms with E-state index in [1.165, 1.54) is 5.56 Å². The van der Waals surface area contributed by atoms with Crippen LogP contribution in [0.3, 0.4) is 0 Å². The number of carbonyl (C=O) groups excluding carboxylic acids is 2. The van der Waals surface area contributed by atoms with Gasteiger partial charge in [0.25, 0.3) is 0 Å². The van der Waals surface area contributed by atoms with Crippen LogP contribution in [0.4, 0.5) is 0 Å². The van der Waals surface area contributed by atoms with Gasteiger partial charge in [-0.05, 0) is 48.2 Å². The van der Waals surface area contributed by atoms with Gasteiger partial charge in [-0.15, -0.1) is 0 Å². The number of aryl methyl sites for hydroxylation is 2. The Morgan fingerprint density at radius 3 is 2.12 bits per heavy atom. The third-order valence-corrected chi connectivity index (χ3v) is 6.16. The summed E-state index contributed by atoms with van der Waals surface area (Å²) in [6.07, 6.45) is 1.85. The highest BCUT2D eigenvalue weighted by Crippen LogP contribution is 2.28. The van der Waals surface area contributed by atoms with Crippen LogP contribution in [0.15, 0.2) is 77.3 Å². The minimum atomic E-state index is -0.551. The molecule has 0 aliphatic carbocycles. The molecule has 166 valence electrons. The third-order valence-electron chi connectivity index (χ3n) is 5.67. The van der Waals surface area contributed by atoms with E-state index >= 15 is 0 Å². The standard InChI is InChI=1S/C28H24BrNO3/c1-3-18-5-9-20(10-6-18)26-16-24(23-15-22(29)13-14-25(23)30-26)28(32)33-17-27(31)21-11-7-19(4-2)8-12-21/h5-16H,3-4,17H2,1-2H3.